The van der Waals surface area contributed by atoms with Gasteiger partial charge in [0.2, 0.25) is 0 Å². The fourth-order valence-corrected chi connectivity index (χ4v) is 1.89. The Labute approximate surface area is 110 Å². The van der Waals surface area contributed by atoms with E-state index in [0.29, 0.717) is 17.7 Å². The number of aromatic nitrogens is 2. The van der Waals surface area contributed by atoms with Crippen molar-refractivity contribution in [3.8, 4) is 0 Å². The van der Waals surface area contributed by atoms with E-state index < -0.39 is 11.7 Å². The van der Waals surface area contributed by atoms with Gasteiger partial charge in [-0.3, -0.25) is 0 Å². The molecule has 1 heterocycles. The van der Waals surface area contributed by atoms with Crippen LogP contribution in [0.2, 0.25) is 0 Å². The van der Waals surface area contributed by atoms with Crippen LogP contribution >= 0.6 is 15.9 Å². The van der Waals surface area contributed by atoms with Crippen LogP contribution in [0.5, 0.6) is 0 Å². The Morgan fingerprint density at radius 3 is 2.61 bits per heavy atom. The molecule has 0 saturated carbocycles. The van der Waals surface area contributed by atoms with Crippen LogP contribution in [-0.2, 0) is 12.6 Å². The van der Waals surface area contributed by atoms with Gasteiger partial charge in [-0.15, -0.1) is 0 Å². The molecule has 0 aliphatic heterocycles. The van der Waals surface area contributed by atoms with E-state index in [9.17, 15) is 13.2 Å². The van der Waals surface area contributed by atoms with E-state index in [4.69, 9.17) is 0 Å². The second-order valence-corrected chi connectivity index (χ2v) is 4.66. The zero-order valence-electron chi connectivity index (χ0n) is 9.08. The van der Waals surface area contributed by atoms with Gasteiger partial charge in [0.1, 0.15) is 0 Å². The third-order valence-corrected chi connectivity index (χ3v) is 2.74. The molecule has 0 fully saturated rings. The number of alkyl halides is 3. The maximum absolute atomic E-state index is 12.5. The number of rotatable bonds is 2. The fraction of sp³-hybridized carbons (Fsp3) is 0.167. The summed E-state index contributed by atoms with van der Waals surface area (Å²) in [5, 5.41) is 7.60. The molecule has 18 heavy (non-hydrogen) atoms. The van der Waals surface area contributed by atoms with Crippen LogP contribution in [0.1, 0.15) is 16.8 Å². The van der Waals surface area contributed by atoms with Gasteiger partial charge in [0, 0.05) is 10.9 Å². The molecule has 0 aliphatic rings. The summed E-state index contributed by atoms with van der Waals surface area (Å²) in [6.45, 7) is 0. The third-order valence-electron chi connectivity index (χ3n) is 2.31. The van der Waals surface area contributed by atoms with Crippen LogP contribution in [0.15, 0.2) is 41.0 Å². The van der Waals surface area contributed by atoms with Crippen LogP contribution in [0, 0.1) is 0 Å². The lowest BCUT2D eigenvalue weighted by atomic mass is 10.1. The highest BCUT2D eigenvalue weighted by Gasteiger charge is 2.30. The van der Waals surface area contributed by atoms with Crippen LogP contribution in [0.25, 0.3) is 0 Å². The van der Waals surface area contributed by atoms with Gasteiger partial charge in [-0.05, 0) is 33.6 Å². The van der Waals surface area contributed by atoms with E-state index in [1.54, 1.807) is 12.1 Å². The Balaban J connectivity index is 2.25. The second kappa shape index (κ2) is 5.06. The largest absolute Gasteiger partial charge is 0.416 e. The van der Waals surface area contributed by atoms with Gasteiger partial charge in [-0.1, -0.05) is 18.2 Å². The molecular formula is C12H8BrF3N2. The molecule has 0 N–H and O–H groups in total. The highest BCUT2D eigenvalue weighted by atomic mass is 79.9. The molecule has 0 atom stereocenters. The smallest absolute Gasteiger partial charge is 0.166 e. The summed E-state index contributed by atoms with van der Waals surface area (Å²) in [5.41, 5.74) is 0.517. The Morgan fingerprint density at radius 2 is 1.94 bits per heavy atom. The predicted molar refractivity (Wildman–Crippen MR) is 64.0 cm³/mol. The van der Waals surface area contributed by atoms with Gasteiger partial charge in [0.15, 0.2) is 0 Å². The summed E-state index contributed by atoms with van der Waals surface area (Å²) in [4.78, 5) is 0. The quantitative estimate of drug-likeness (QED) is 0.841. The van der Waals surface area contributed by atoms with Gasteiger partial charge in [-0.25, -0.2) is 0 Å². The van der Waals surface area contributed by atoms with Crippen molar-refractivity contribution in [1.82, 2.24) is 10.2 Å². The summed E-state index contributed by atoms with van der Waals surface area (Å²) < 4.78 is 38.4. The Bertz CT molecular complexity index is 555. The number of halogens is 4. The lowest BCUT2D eigenvalue weighted by Crippen LogP contribution is -2.05. The molecule has 0 amide bonds. The Hall–Kier alpha value is -1.43. The van der Waals surface area contributed by atoms with Gasteiger partial charge >= 0.3 is 6.18 Å². The first-order chi connectivity index (χ1) is 8.45. The minimum Gasteiger partial charge on any atom is -0.166 e. The molecule has 6 heteroatoms. The summed E-state index contributed by atoms with van der Waals surface area (Å²) in [5.74, 6) is 0. The van der Waals surface area contributed by atoms with Crippen LogP contribution in [0.3, 0.4) is 0 Å². The predicted octanol–water partition coefficient (Wildman–Crippen LogP) is 3.85. The molecule has 94 valence electrons. The van der Waals surface area contributed by atoms with Crippen molar-refractivity contribution in [2.24, 2.45) is 0 Å². The van der Waals surface area contributed by atoms with E-state index >= 15 is 0 Å². The lowest BCUT2D eigenvalue weighted by molar-refractivity contribution is -0.137. The van der Waals surface area contributed by atoms with E-state index in [0.717, 1.165) is 16.6 Å². The van der Waals surface area contributed by atoms with Crippen LogP contribution in [-0.4, -0.2) is 10.2 Å². The molecule has 0 saturated heterocycles. The van der Waals surface area contributed by atoms with Gasteiger partial charge < -0.3 is 0 Å². The average molecular weight is 317 g/mol. The molecule has 0 spiro atoms. The lowest BCUT2D eigenvalue weighted by Gasteiger charge is -2.08. The number of nitrogens with zero attached hydrogens (tertiary/aromatic N) is 2. The normalized spacial score (nSPS) is 11.6. The summed E-state index contributed by atoms with van der Waals surface area (Å²) in [7, 11) is 0. The van der Waals surface area contributed by atoms with Crippen molar-refractivity contribution in [1.29, 1.82) is 0 Å². The topological polar surface area (TPSA) is 25.8 Å². The number of hydrogen-bond donors (Lipinski definition) is 0. The van der Waals surface area contributed by atoms with E-state index in [2.05, 4.69) is 26.1 Å². The number of benzene rings is 1. The number of hydrogen-bond acceptors (Lipinski definition) is 2. The maximum Gasteiger partial charge on any atom is 0.416 e. The second-order valence-electron chi connectivity index (χ2n) is 3.74. The van der Waals surface area contributed by atoms with E-state index in [1.165, 1.54) is 12.3 Å². The molecule has 2 rings (SSSR count). The Morgan fingerprint density at radius 1 is 1.17 bits per heavy atom. The van der Waals surface area contributed by atoms with Crippen molar-refractivity contribution in [2.75, 3.05) is 0 Å². The van der Waals surface area contributed by atoms with Gasteiger partial charge in [0.05, 0.1) is 17.5 Å². The van der Waals surface area contributed by atoms with Crippen LogP contribution in [0.4, 0.5) is 13.2 Å². The van der Waals surface area contributed by atoms with Crippen molar-refractivity contribution in [2.45, 2.75) is 12.6 Å². The summed E-state index contributed by atoms with van der Waals surface area (Å²) >= 11 is 3.24. The molecular weight excluding hydrogens is 309 g/mol. The molecule has 0 bridgehead atoms. The first kappa shape index (κ1) is 13.0. The third kappa shape index (κ3) is 3.29. The summed E-state index contributed by atoms with van der Waals surface area (Å²) in [6.07, 6.45) is -2.48. The highest BCUT2D eigenvalue weighted by molar-refractivity contribution is 9.10. The minimum absolute atomic E-state index is 0.316. The standard InChI is InChI=1S/C12H8BrF3N2/c13-10-6-11(18-17-7-10)5-8-2-1-3-9(4-8)12(14,15)16/h1-4,6-7H,5H2. The zero-order chi connectivity index (χ0) is 13.2. The molecule has 0 aliphatic carbocycles. The van der Waals surface area contributed by atoms with Gasteiger partial charge in [0.25, 0.3) is 0 Å². The molecule has 1 aromatic heterocycles. The molecule has 2 nitrogen and oxygen atoms in total. The molecule has 0 unspecified atom stereocenters. The molecule has 1 aromatic carbocycles. The SMILES string of the molecule is FC(F)(F)c1cccc(Cc2cc(Br)cnn2)c1. The van der Waals surface area contributed by atoms with Gasteiger partial charge in [-0.2, -0.15) is 23.4 Å². The summed E-state index contributed by atoms with van der Waals surface area (Å²) in [6, 6.07) is 6.94. The monoisotopic (exact) mass is 316 g/mol. The molecule has 2 aromatic rings. The van der Waals surface area contributed by atoms with E-state index in [-0.39, 0.29) is 0 Å². The fourth-order valence-electron chi connectivity index (χ4n) is 1.54. The highest BCUT2D eigenvalue weighted by Crippen LogP contribution is 2.29. The van der Waals surface area contributed by atoms with Crippen molar-refractivity contribution >= 4 is 15.9 Å². The van der Waals surface area contributed by atoms with Crippen molar-refractivity contribution < 1.29 is 13.2 Å². The van der Waals surface area contributed by atoms with Crippen molar-refractivity contribution in [3.63, 3.8) is 0 Å². The van der Waals surface area contributed by atoms with Crippen LogP contribution < -0.4 is 0 Å². The zero-order valence-corrected chi connectivity index (χ0v) is 10.7. The maximum atomic E-state index is 12.5. The minimum atomic E-state index is -4.32. The van der Waals surface area contributed by atoms with E-state index in [1.807, 2.05) is 0 Å². The Kier molecular flexibility index (Phi) is 3.65. The first-order valence-corrected chi connectivity index (χ1v) is 5.88. The average Bonchev–Trinajstić information content (AvgIpc) is 2.28. The van der Waals surface area contributed by atoms with Crippen molar-refractivity contribution in [3.05, 3.63) is 57.8 Å². The molecule has 0 radical (unpaired) electrons. The first-order valence-electron chi connectivity index (χ1n) is 5.08.